The Labute approximate surface area is 85.1 Å². The maximum atomic E-state index is 5.20. The summed E-state index contributed by atoms with van der Waals surface area (Å²) in [7, 11) is 0. The second-order valence-corrected chi connectivity index (χ2v) is 3.65. The normalized spacial score (nSPS) is 11.1. The van der Waals surface area contributed by atoms with E-state index in [4.69, 9.17) is 4.42 Å². The third-order valence-electron chi connectivity index (χ3n) is 1.98. The van der Waals surface area contributed by atoms with Crippen molar-refractivity contribution >= 4 is 0 Å². The molecule has 0 atom stereocenters. The highest BCUT2D eigenvalue weighted by molar-refractivity contribution is 5.03. The van der Waals surface area contributed by atoms with E-state index in [-0.39, 0.29) is 0 Å². The van der Waals surface area contributed by atoms with Crippen molar-refractivity contribution in [2.45, 2.75) is 33.4 Å². The van der Waals surface area contributed by atoms with Crippen LogP contribution in [0.5, 0.6) is 0 Å². The molecule has 0 fully saturated rings. The third-order valence-corrected chi connectivity index (χ3v) is 1.98. The van der Waals surface area contributed by atoms with Crippen LogP contribution in [0.3, 0.4) is 0 Å². The van der Waals surface area contributed by atoms with Gasteiger partial charge in [0.15, 0.2) is 6.39 Å². The zero-order valence-corrected chi connectivity index (χ0v) is 9.13. The Balaban J connectivity index is 2.08. The lowest BCUT2D eigenvalue weighted by atomic mass is 10.3. The van der Waals surface area contributed by atoms with Crippen molar-refractivity contribution < 1.29 is 4.42 Å². The lowest BCUT2D eigenvalue weighted by Gasteiger charge is -2.08. The largest absolute Gasteiger partial charge is 0.447 e. The van der Waals surface area contributed by atoms with Gasteiger partial charge in [0.05, 0.1) is 12.2 Å². The van der Waals surface area contributed by atoms with E-state index in [1.807, 2.05) is 6.92 Å². The first kappa shape index (κ1) is 11.2. The average molecular weight is 197 g/mol. The molecule has 4 nitrogen and oxygen atoms in total. The predicted octanol–water partition coefficient (Wildman–Crippen LogP) is 1.07. The number of oxazole rings is 1. The monoisotopic (exact) mass is 197 g/mol. The smallest absolute Gasteiger partial charge is 0.181 e. The number of hydrogen-bond acceptors (Lipinski definition) is 4. The van der Waals surface area contributed by atoms with Gasteiger partial charge in [-0.05, 0) is 6.92 Å². The van der Waals surface area contributed by atoms with Crippen LogP contribution in [0.15, 0.2) is 10.8 Å². The zero-order valence-electron chi connectivity index (χ0n) is 9.13. The fraction of sp³-hybridized carbons (Fsp3) is 0.700. The van der Waals surface area contributed by atoms with Gasteiger partial charge in [0.2, 0.25) is 0 Å². The Morgan fingerprint density at radius 3 is 2.79 bits per heavy atom. The second kappa shape index (κ2) is 5.78. The van der Waals surface area contributed by atoms with Crippen molar-refractivity contribution in [3.8, 4) is 0 Å². The summed E-state index contributed by atoms with van der Waals surface area (Å²) in [4.78, 5) is 4.02. The van der Waals surface area contributed by atoms with E-state index in [1.54, 1.807) is 0 Å². The van der Waals surface area contributed by atoms with Gasteiger partial charge in [0.25, 0.3) is 0 Å². The van der Waals surface area contributed by atoms with Crippen molar-refractivity contribution in [3.63, 3.8) is 0 Å². The number of nitrogens with one attached hydrogen (secondary N) is 2. The molecule has 0 unspecified atom stereocenters. The lowest BCUT2D eigenvalue weighted by molar-refractivity contribution is 0.470. The van der Waals surface area contributed by atoms with Crippen LogP contribution in [0.4, 0.5) is 0 Å². The molecule has 0 amide bonds. The minimum absolute atomic E-state index is 0.545. The zero-order chi connectivity index (χ0) is 10.4. The molecule has 0 spiro atoms. The van der Waals surface area contributed by atoms with E-state index in [1.165, 1.54) is 6.39 Å². The van der Waals surface area contributed by atoms with Crippen LogP contribution < -0.4 is 10.6 Å². The van der Waals surface area contributed by atoms with Gasteiger partial charge in [-0.3, -0.25) is 0 Å². The van der Waals surface area contributed by atoms with E-state index >= 15 is 0 Å². The molecule has 14 heavy (non-hydrogen) atoms. The minimum atomic E-state index is 0.545. The molecule has 0 saturated heterocycles. The number of aryl methyl sites for hydroxylation is 1. The molecule has 0 aliphatic heterocycles. The molecule has 1 aromatic heterocycles. The standard InChI is InChI=1S/C10H19N3O/c1-8(2)12-5-4-11-6-10-9(3)13-7-14-10/h7-8,11-12H,4-6H2,1-3H3. The third kappa shape index (κ3) is 3.89. The summed E-state index contributed by atoms with van der Waals surface area (Å²) in [5, 5.41) is 6.62. The minimum Gasteiger partial charge on any atom is -0.447 e. The molecule has 2 N–H and O–H groups in total. The van der Waals surface area contributed by atoms with E-state index in [9.17, 15) is 0 Å². The molecule has 0 aliphatic rings. The summed E-state index contributed by atoms with van der Waals surface area (Å²) in [6.07, 6.45) is 1.48. The molecular formula is C10H19N3O. The van der Waals surface area contributed by atoms with Crippen LogP contribution in [0.2, 0.25) is 0 Å². The second-order valence-electron chi connectivity index (χ2n) is 3.65. The summed E-state index contributed by atoms with van der Waals surface area (Å²) in [6, 6.07) is 0.545. The summed E-state index contributed by atoms with van der Waals surface area (Å²) < 4.78 is 5.20. The van der Waals surface area contributed by atoms with Crippen LogP contribution in [-0.4, -0.2) is 24.1 Å². The van der Waals surface area contributed by atoms with Crippen molar-refractivity contribution in [2.75, 3.05) is 13.1 Å². The Hall–Kier alpha value is -0.870. The van der Waals surface area contributed by atoms with E-state index < -0.39 is 0 Å². The quantitative estimate of drug-likeness (QED) is 0.670. The van der Waals surface area contributed by atoms with Gasteiger partial charge in [-0.25, -0.2) is 4.98 Å². The van der Waals surface area contributed by atoms with Crippen LogP contribution >= 0.6 is 0 Å². The SMILES string of the molecule is Cc1ncoc1CNCCNC(C)C. The topological polar surface area (TPSA) is 50.1 Å². The van der Waals surface area contributed by atoms with Gasteiger partial charge >= 0.3 is 0 Å². The highest BCUT2D eigenvalue weighted by Crippen LogP contribution is 2.03. The van der Waals surface area contributed by atoms with Crippen LogP contribution in [-0.2, 0) is 6.54 Å². The summed E-state index contributed by atoms with van der Waals surface area (Å²) in [6.45, 7) is 8.91. The highest BCUT2D eigenvalue weighted by atomic mass is 16.3. The number of nitrogens with zero attached hydrogens (tertiary/aromatic N) is 1. The number of hydrogen-bond donors (Lipinski definition) is 2. The Kier molecular flexibility index (Phi) is 4.62. The molecule has 80 valence electrons. The lowest BCUT2D eigenvalue weighted by Crippen LogP contribution is -2.31. The Bertz CT molecular complexity index is 258. The molecule has 0 bridgehead atoms. The molecule has 0 saturated carbocycles. The van der Waals surface area contributed by atoms with Gasteiger partial charge in [0.1, 0.15) is 5.76 Å². The van der Waals surface area contributed by atoms with E-state index in [2.05, 4.69) is 29.5 Å². The van der Waals surface area contributed by atoms with Crippen molar-refractivity contribution in [1.82, 2.24) is 15.6 Å². The number of aromatic nitrogens is 1. The van der Waals surface area contributed by atoms with Gasteiger partial charge in [-0.1, -0.05) is 13.8 Å². The van der Waals surface area contributed by atoms with Gasteiger partial charge in [0, 0.05) is 19.1 Å². The molecule has 0 aliphatic carbocycles. The van der Waals surface area contributed by atoms with Gasteiger partial charge in [-0.2, -0.15) is 0 Å². The van der Waals surface area contributed by atoms with E-state index in [0.717, 1.165) is 31.1 Å². The summed E-state index contributed by atoms with van der Waals surface area (Å²) in [5.74, 6) is 0.926. The van der Waals surface area contributed by atoms with Crippen molar-refractivity contribution in [3.05, 3.63) is 17.8 Å². The molecule has 1 aromatic rings. The van der Waals surface area contributed by atoms with Crippen molar-refractivity contribution in [1.29, 1.82) is 0 Å². The fourth-order valence-corrected chi connectivity index (χ4v) is 1.15. The molecule has 4 heteroatoms. The first-order valence-corrected chi connectivity index (χ1v) is 5.03. The number of rotatable bonds is 6. The van der Waals surface area contributed by atoms with Gasteiger partial charge in [-0.15, -0.1) is 0 Å². The van der Waals surface area contributed by atoms with Gasteiger partial charge < -0.3 is 15.1 Å². The van der Waals surface area contributed by atoms with Crippen LogP contribution in [0.1, 0.15) is 25.3 Å². The maximum absolute atomic E-state index is 5.20. The average Bonchev–Trinajstić information content (AvgIpc) is 2.51. The first-order chi connectivity index (χ1) is 6.70. The van der Waals surface area contributed by atoms with Crippen LogP contribution in [0, 0.1) is 6.92 Å². The highest BCUT2D eigenvalue weighted by Gasteiger charge is 2.01. The first-order valence-electron chi connectivity index (χ1n) is 5.03. The molecule has 1 heterocycles. The predicted molar refractivity (Wildman–Crippen MR) is 56.1 cm³/mol. The molecule has 0 radical (unpaired) electrons. The molecular weight excluding hydrogens is 178 g/mol. The fourth-order valence-electron chi connectivity index (χ4n) is 1.15. The summed E-state index contributed by atoms with van der Waals surface area (Å²) in [5.41, 5.74) is 0.967. The van der Waals surface area contributed by atoms with Crippen molar-refractivity contribution in [2.24, 2.45) is 0 Å². The van der Waals surface area contributed by atoms with Crippen LogP contribution in [0.25, 0.3) is 0 Å². The Morgan fingerprint density at radius 2 is 2.21 bits per heavy atom. The molecule has 1 rings (SSSR count). The summed E-state index contributed by atoms with van der Waals surface area (Å²) >= 11 is 0. The Morgan fingerprint density at radius 1 is 1.43 bits per heavy atom. The maximum Gasteiger partial charge on any atom is 0.181 e. The van der Waals surface area contributed by atoms with E-state index in [0.29, 0.717) is 6.04 Å². The molecule has 0 aromatic carbocycles.